The van der Waals surface area contributed by atoms with Crippen molar-refractivity contribution in [3.8, 4) is 5.75 Å². The number of urea groups is 1. The molecule has 1 atom stereocenters. The molecule has 0 aliphatic carbocycles. The summed E-state index contributed by atoms with van der Waals surface area (Å²) in [5, 5.41) is 9.87. The first-order chi connectivity index (χ1) is 11.8. The summed E-state index contributed by atoms with van der Waals surface area (Å²) in [7, 11) is 1.90. The zero-order chi connectivity index (χ0) is 18.6. The Balaban J connectivity index is 1.94. The lowest BCUT2D eigenvalue weighted by Crippen LogP contribution is -2.37. The minimum absolute atomic E-state index is 0.0888. The van der Waals surface area contributed by atoms with E-state index in [2.05, 4.69) is 15.7 Å². The minimum Gasteiger partial charge on any atom is -0.491 e. The Bertz CT molecular complexity index is 758. The highest BCUT2D eigenvalue weighted by molar-refractivity contribution is 5.89. The standard InChI is InChI=1S/C18H25FN4O2/c1-6-25-17-8-7-14(10-16(17)19)21-18(24)20-11(2)9-15-12(3)22-23(5)13(15)4/h7-8,10-11H,6,9H2,1-5H3,(H2,20,21,24)/t11-/m0/s1. The highest BCUT2D eigenvalue weighted by atomic mass is 19.1. The van der Waals surface area contributed by atoms with Crippen molar-refractivity contribution in [2.45, 2.75) is 40.2 Å². The van der Waals surface area contributed by atoms with Crippen LogP contribution in [0.3, 0.4) is 0 Å². The highest BCUT2D eigenvalue weighted by Gasteiger charge is 2.15. The number of carbonyl (C=O) groups is 1. The van der Waals surface area contributed by atoms with Crippen LogP contribution in [0, 0.1) is 19.7 Å². The molecule has 6 nitrogen and oxygen atoms in total. The molecular weight excluding hydrogens is 323 g/mol. The fourth-order valence-corrected chi connectivity index (χ4v) is 2.71. The van der Waals surface area contributed by atoms with Crippen LogP contribution in [0.25, 0.3) is 0 Å². The number of benzene rings is 1. The molecule has 2 aromatic rings. The number of rotatable bonds is 6. The SMILES string of the molecule is CCOc1ccc(NC(=O)N[C@@H](C)Cc2c(C)nn(C)c2C)cc1F. The number of hydrogen-bond acceptors (Lipinski definition) is 3. The number of aromatic nitrogens is 2. The second-order valence-electron chi connectivity index (χ2n) is 6.05. The van der Waals surface area contributed by atoms with Crippen LogP contribution < -0.4 is 15.4 Å². The molecule has 2 rings (SSSR count). The number of aryl methyl sites for hydroxylation is 2. The van der Waals surface area contributed by atoms with Gasteiger partial charge in [-0.1, -0.05) is 0 Å². The summed E-state index contributed by atoms with van der Waals surface area (Å²) < 4.78 is 20.8. The molecule has 0 aliphatic heterocycles. The van der Waals surface area contributed by atoms with Crippen molar-refractivity contribution in [2.24, 2.45) is 7.05 Å². The summed E-state index contributed by atoms with van der Waals surface area (Å²) in [6.45, 7) is 8.05. The van der Waals surface area contributed by atoms with Gasteiger partial charge in [-0.2, -0.15) is 5.10 Å². The van der Waals surface area contributed by atoms with Crippen LogP contribution in [0.2, 0.25) is 0 Å². The lowest BCUT2D eigenvalue weighted by atomic mass is 10.1. The Kier molecular flexibility index (Phi) is 6.01. The second-order valence-corrected chi connectivity index (χ2v) is 6.05. The van der Waals surface area contributed by atoms with Crippen LogP contribution in [0.4, 0.5) is 14.9 Å². The summed E-state index contributed by atoms with van der Waals surface area (Å²) in [6, 6.07) is 3.88. The van der Waals surface area contributed by atoms with Crippen molar-refractivity contribution in [2.75, 3.05) is 11.9 Å². The van der Waals surface area contributed by atoms with Crippen molar-refractivity contribution in [1.29, 1.82) is 0 Å². The van der Waals surface area contributed by atoms with E-state index in [1.165, 1.54) is 12.1 Å². The first kappa shape index (κ1) is 18.8. The fraction of sp³-hybridized carbons (Fsp3) is 0.444. The normalized spacial score (nSPS) is 11.9. The number of hydrogen-bond donors (Lipinski definition) is 2. The summed E-state index contributed by atoms with van der Waals surface area (Å²) in [4.78, 5) is 12.1. The average Bonchev–Trinajstić information content (AvgIpc) is 2.76. The van der Waals surface area contributed by atoms with Crippen molar-refractivity contribution >= 4 is 11.7 Å². The molecule has 0 spiro atoms. The first-order valence-corrected chi connectivity index (χ1v) is 8.30. The van der Waals surface area contributed by atoms with Gasteiger partial charge in [0.1, 0.15) is 0 Å². The molecule has 7 heteroatoms. The molecule has 1 aromatic heterocycles. The Hall–Kier alpha value is -2.57. The molecular formula is C18H25FN4O2. The van der Waals surface area contributed by atoms with E-state index in [4.69, 9.17) is 4.74 Å². The van der Waals surface area contributed by atoms with Crippen LogP contribution in [-0.2, 0) is 13.5 Å². The molecule has 2 N–H and O–H groups in total. The molecule has 0 unspecified atom stereocenters. The van der Waals surface area contributed by atoms with Crippen molar-refractivity contribution in [3.63, 3.8) is 0 Å². The summed E-state index contributed by atoms with van der Waals surface area (Å²) in [5.74, 6) is -0.335. The van der Waals surface area contributed by atoms with E-state index in [0.29, 0.717) is 18.7 Å². The van der Waals surface area contributed by atoms with Crippen LogP contribution in [0.5, 0.6) is 5.75 Å². The maximum atomic E-state index is 13.8. The van der Waals surface area contributed by atoms with E-state index in [1.807, 2.05) is 32.5 Å². The van der Waals surface area contributed by atoms with Gasteiger partial charge in [0.05, 0.1) is 12.3 Å². The summed E-state index contributed by atoms with van der Waals surface area (Å²) >= 11 is 0. The third kappa shape index (κ3) is 4.71. The van der Waals surface area contributed by atoms with Gasteiger partial charge < -0.3 is 15.4 Å². The van der Waals surface area contributed by atoms with Crippen LogP contribution >= 0.6 is 0 Å². The number of anilines is 1. The number of halogens is 1. The average molecular weight is 348 g/mol. The monoisotopic (exact) mass is 348 g/mol. The summed E-state index contributed by atoms with van der Waals surface area (Å²) in [6.07, 6.45) is 0.677. The topological polar surface area (TPSA) is 68.2 Å². The quantitative estimate of drug-likeness (QED) is 0.841. The molecule has 1 aromatic carbocycles. The predicted octanol–water partition coefficient (Wildman–Crippen LogP) is 3.33. The maximum absolute atomic E-state index is 13.8. The maximum Gasteiger partial charge on any atom is 0.319 e. The van der Waals surface area contributed by atoms with Gasteiger partial charge in [-0.25, -0.2) is 9.18 Å². The van der Waals surface area contributed by atoms with Crippen molar-refractivity contribution < 1.29 is 13.9 Å². The van der Waals surface area contributed by atoms with E-state index < -0.39 is 5.82 Å². The van der Waals surface area contributed by atoms with Crippen molar-refractivity contribution in [3.05, 3.63) is 41.0 Å². The molecule has 0 saturated carbocycles. The molecule has 0 saturated heterocycles. The molecule has 2 amide bonds. The van der Waals surface area contributed by atoms with Crippen LogP contribution in [0.15, 0.2) is 18.2 Å². The number of nitrogens with one attached hydrogen (secondary N) is 2. The number of carbonyl (C=O) groups excluding carboxylic acids is 1. The molecule has 0 radical (unpaired) electrons. The largest absolute Gasteiger partial charge is 0.491 e. The first-order valence-electron chi connectivity index (χ1n) is 8.30. The van der Waals surface area contributed by atoms with E-state index in [0.717, 1.165) is 17.0 Å². The van der Waals surface area contributed by atoms with Gasteiger partial charge in [0.2, 0.25) is 0 Å². The molecule has 0 fully saturated rings. The lowest BCUT2D eigenvalue weighted by Gasteiger charge is -2.15. The molecule has 0 aliphatic rings. The van der Waals surface area contributed by atoms with Crippen LogP contribution in [-0.4, -0.2) is 28.5 Å². The summed E-state index contributed by atoms with van der Waals surface area (Å²) in [5.41, 5.74) is 3.55. The van der Waals surface area contributed by atoms with Gasteiger partial charge >= 0.3 is 6.03 Å². The highest BCUT2D eigenvalue weighted by Crippen LogP contribution is 2.21. The second kappa shape index (κ2) is 8.00. The number of nitrogens with zero attached hydrogens (tertiary/aromatic N) is 2. The zero-order valence-corrected chi connectivity index (χ0v) is 15.3. The van der Waals surface area contributed by atoms with Gasteiger partial charge in [-0.05, 0) is 51.8 Å². The Morgan fingerprint density at radius 1 is 1.40 bits per heavy atom. The fourth-order valence-electron chi connectivity index (χ4n) is 2.71. The minimum atomic E-state index is -0.505. The molecule has 25 heavy (non-hydrogen) atoms. The van der Waals surface area contributed by atoms with E-state index >= 15 is 0 Å². The Morgan fingerprint density at radius 2 is 2.12 bits per heavy atom. The molecule has 0 bridgehead atoms. The van der Waals surface area contributed by atoms with Crippen molar-refractivity contribution in [1.82, 2.24) is 15.1 Å². The van der Waals surface area contributed by atoms with Crippen LogP contribution in [0.1, 0.15) is 30.8 Å². The third-order valence-corrected chi connectivity index (χ3v) is 4.04. The van der Waals surface area contributed by atoms with Gasteiger partial charge in [0.15, 0.2) is 11.6 Å². The van der Waals surface area contributed by atoms with E-state index in [1.54, 1.807) is 13.0 Å². The van der Waals surface area contributed by atoms with E-state index in [-0.39, 0.29) is 17.8 Å². The van der Waals surface area contributed by atoms with Gasteiger partial charge in [0.25, 0.3) is 0 Å². The van der Waals surface area contributed by atoms with E-state index in [9.17, 15) is 9.18 Å². The zero-order valence-electron chi connectivity index (χ0n) is 15.3. The number of ether oxygens (including phenoxy) is 1. The number of amides is 2. The third-order valence-electron chi connectivity index (χ3n) is 4.04. The van der Waals surface area contributed by atoms with Gasteiger partial charge in [0, 0.05) is 30.5 Å². The molecule has 1 heterocycles. The smallest absolute Gasteiger partial charge is 0.319 e. The predicted molar refractivity (Wildman–Crippen MR) is 95.6 cm³/mol. The Morgan fingerprint density at radius 3 is 2.68 bits per heavy atom. The lowest BCUT2D eigenvalue weighted by molar-refractivity contribution is 0.249. The molecule has 136 valence electrons. The van der Waals surface area contributed by atoms with Gasteiger partial charge in [-0.15, -0.1) is 0 Å². The Labute approximate surface area is 147 Å². The van der Waals surface area contributed by atoms with Gasteiger partial charge in [-0.3, -0.25) is 4.68 Å².